The molecular formula is C10H19ClFO3PS. The fourth-order valence-corrected chi connectivity index (χ4v) is 6.12. The molecule has 0 aromatic rings. The summed E-state index contributed by atoms with van der Waals surface area (Å²) in [5.74, 6) is 0. The van der Waals surface area contributed by atoms with Crippen LogP contribution in [0.15, 0.2) is 0 Å². The zero-order valence-corrected chi connectivity index (χ0v) is 12.8. The molecule has 0 spiro atoms. The first-order valence-corrected chi connectivity index (χ1v) is 9.20. The lowest BCUT2D eigenvalue weighted by Crippen LogP contribution is -2.39. The molecule has 17 heavy (non-hydrogen) atoms. The van der Waals surface area contributed by atoms with Crippen LogP contribution in [0, 0.1) is 0 Å². The highest BCUT2D eigenvalue weighted by molar-refractivity contribution is 8.55. The van der Waals surface area contributed by atoms with Crippen LogP contribution in [-0.2, 0) is 13.6 Å². The van der Waals surface area contributed by atoms with Crippen molar-refractivity contribution in [3.05, 3.63) is 0 Å². The van der Waals surface area contributed by atoms with Gasteiger partial charge in [0.1, 0.15) is 0 Å². The normalized spacial score (nSPS) is 33.8. The third-order valence-corrected chi connectivity index (χ3v) is 7.32. The summed E-state index contributed by atoms with van der Waals surface area (Å²) < 4.78 is 36.0. The maximum atomic E-state index is 13.1. The van der Waals surface area contributed by atoms with Gasteiger partial charge in [-0.15, -0.1) is 0 Å². The van der Waals surface area contributed by atoms with Crippen LogP contribution in [0.3, 0.4) is 0 Å². The second-order valence-corrected chi connectivity index (χ2v) is 9.21. The zero-order chi connectivity index (χ0) is 13.1. The Labute approximate surface area is 111 Å². The minimum absolute atomic E-state index is 0.0761. The van der Waals surface area contributed by atoms with Crippen molar-refractivity contribution in [1.82, 2.24) is 0 Å². The van der Waals surface area contributed by atoms with E-state index in [0.717, 1.165) is 6.42 Å². The third-order valence-electron chi connectivity index (χ3n) is 2.50. The summed E-state index contributed by atoms with van der Waals surface area (Å²) in [4.78, 5) is 0. The molecule has 2 unspecified atom stereocenters. The molecule has 3 nitrogen and oxygen atoms in total. The Kier molecular flexibility index (Phi) is 5.80. The summed E-state index contributed by atoms with van der Waals surface area (Å²) in [5.41, 5.74) is 0. The summed E-state index contributed by atoms with van der Waals surface area (Å²) in [5, 5.41) is -1.51. The molecule has 0 heterocycles. The molecule has 1 rings (SSSR count). The minimum atomic E-state index is -3.18. The van der Waals surface area contributed by atoms with Crippen molar-refractivity contribution in [2.24, 2.45) is 0 Å². The van der Waals surface area contributed by atoms with Gasteiger partial charge in [-0.1, -0.05) is 25.4 Å². The Morgan fingerprint density at radius 3 is 2.59 bits per heavy atom. The lowest BCUT2D eigenvalue weighted by Gasteiger charge is -2.37. The van der Waals surface area contributed by atoms with Gasteiger partial charge in [0.05, 0.1) is 12.7 Å². The highest BCUT2D eigenvalue weighted by Crippen LogP contribution is 2.65. The van der Waals surface area contributed by atoms with E-state index >= 15 is 0 Å². The molecule has 7 heteroatoms. The van der Waals surface area contributed by atoms with Crippen molar-refractivity contribution in [3.8, 4) is 0 Å². The standard InChI is InChI=1S/C10H19ClFO3PS/c1-4-8(3)17-16(13,14-5-2)15-9-6-10(11,12)7-9/h8-9H,4-7H2,1-3H3. The van der Waals surface area contributed by atoms with Crippen LogP contribution in [0.2, 0.25) is 0 Å². The molecule has 1 fully saturated rings. The van der Waals surface area contributed by atoms with Gasteiger partial charge in [0, 0.05) is 18.1 Å². The van der Waals surface area contributed by atoms with Gasteiger partial charge in [0.25, 0.3) is 0 Å². The molecule has 102 valence electrons. The molecular weight excluding hydrogens is 286 g/mol. The Morgan fingerprint density at radius 1 is 1.59 bits per heavy atom. The lowest BCUT2D eigenvalue weighted by atomic mass is 9.93. The van der Waals surface area contributed by atoms with Gasteiger partial charge in [-0.05, 0) is 24.7 Å². The van der Waals surface area contributed by atoms with Crippen molar-refractivity contribution in [2.45, 2.75) is 56.5 Å². The fraction of sp³-hybridized carbons (Fsp3) is 1.00. The maximum absolute atomic E-state index is 13.1. The molecule has 0 radical (unpaired) electrons. The number of halogens is 2. The Bertz CT molecular complexity index is 295. The van der Waals surface area contributed by atoms with Crippen molar-refractivity contribution >= 4 is 29.8 Å². The summed E-state index contributed by atoms with van der Waals surface area (Å²) >= 11 is 6.65. The Hall–Kier alpha value is 0.720. The number of alkyl halides is 2. The first-order valence-electron chi connectivity index (χ1n) is 5.79. The third kappa shape index (κ3) is 5.07. The number of rotatable bonds is 7. The quantitative estimate of drug-likeness (QED) is 0.502. The zero-order valence-electron chi connectivity index (χ0n) is 10.3. The van der Waals surface area contributed by atoms with Crippen LogP contribution in [0.5, 0.6) is 0 Å². The molecule has 1 saturated carbocycles. The van der Waals surface area contributed by atoms with E-state index in [-0.39, 0.29) is 18.1 Å². The van der Waals surface area contributed by atoms with Crippen LogP contribution in [0.1, 0.15) is 40.0 Å². The van der Waals surface area contributed by atoms with E-state index in [1.807, 2.05) is 13.8 Å². The number of hydrogen-bond acceptors (Lipinski definition) is 4. The molecule has 0 amide bonds. The van der Waals surface area contributed by atoms with Gasteiger partial charge < -0.3 is 4.52 Å². The van der Waals surface area contributed by atoms with E-state index < -0.39 is 18.0 Å². The van der Waals surface area contributed by atoms with Crippen molar-refractivity contribution < 1.29 is 18.0 Å². The average molecular weight is 305 g/mol. The predicted octanol–water partition coefficient (Wildman–Crippen LogP) is 4.75. The van der Waals surface area contributed by atoms with E-state index in [9.17, 15) is 8.96 Å². The fourth-order valence-electron chi connectivity index (χ4n) is 1.40. The van der Waals surface area contributed by atoms with Crippen molar-refractivity contribution in [3.63, 3.8) is 0 Å². The highest BCUT2D eigenvalue weighted by atomic mass is 35.5. The van der Waals surface area contributed by atoms with Crippen molar-refractivity contribution in [2.75, 3.05) is 6.61 Å². The van der Waals surface area contributed by atoms with E-state index in [0.29, 0.717) is 6.61 Å². The van der Waals surface area contributed by atoms with Crippen LogP contribution in [0.4, 0.5) is 4.39 Å². The predicted molar refractivity (Wildman–Crippen MR) is 70.4 cm³/mol. The molecule has 0 aromatic carbocycles. The van der Waals surface area contributed by atoms with Crippen molar-refractivity contribution in [1.29, 1.82) is 0 Å². The first kappa shape index (κ1) is 15.8. The van der Waals surface area contributed by atoms with Crippen LogP contribution >= 0.6 is 29.8 Å². The second-order valence-electron chi connectivity index (χ2n) is 4.18. The van der Waals surface area contributed by atoms with Gasteiger partial charge in [-0.3, -0.25) is 4.52 Å². The van der Waals surface area contributed by atoms with E-state index in [4.69, 9.17) is 20.6 Å². The molecule has 0 bridgehead atoms. The monoisotopic (exact) mass is 304 g/mol. The molecule has 0 N–H and O–H groups in total. The van der Waals surface area contributed by atoms with Gasteiger partial charge in [-0.25, -0.2) is 8.96 Å². The van der Waals surface area contributed by atoms with Gasteiger partial charge in [0.2, 0.25) is 0 Å². The lowest BCUT2D eigenvalue weighted by molar-refractivity contribution is 0.00761. The van der Waals surface area contributed by atoms with E-state index in [2.05, 4.69) is 0 Å². The molecule has 1 aliphatic carbocycles. The summed E-state index contributed by atoms with van der Waals surface area (Å²) in [6.07, 6.45) is 0.629. The van der Waals surface area contributed by atoms with E-state index in [1.165, 1.54) is 11.4 Å². The molecule has 0 saturated heterocycles. The van der Waals surface area contributed by atoms with Crippen LogP contribution in [-0.4, -0.2) is 23.1 Å². The maximum Gasteiger partial charge on any atom is 0.389 e. The summed E-state index contributed by atoms with van der Waals surface area (Å²) in [6.45, 7) is 2.86. The average Bonchev–Trinajstić information content (AvgIpc) is 2.14. The first-order chi connectivity index (χ1) is 7.80. The van der Waals surface area contributed by atoms with Crippen LogP contribution in [0.25, 0.3) is 0 Å². The van der Waals surface area contributed by atoms with E-state index in [1.54, 1.807) is 6.92 Å². The topological polar surface area (TPSA) is 35.5 Å². The summed E-state index contributed by atoms with van der Waals surface area (Å²) in [6, 6.07) is 0. The largest absolute Gasteiger partial charge is 0.389 e. The SMILES string of the molecule is CCOP(=O)(OC1CC(F)(Cl)C1)SC(C)CC. The van der Waals surface area contributed by atoms with Gasteiger partial charge >= 0.3 is 6.80 Å². The Balaban J connectivity index is 2.50. The van der Waals surface area contributed by atoms with Gasteiger partial charge in [-0.2, -0.15) is 0 Å². The Morgan fingerprint density at radius 2 is 2.18 bits per heavy atom. The summed E-state index contributed by atoms with van der Waals surface area (Å²) in [7, 11) is 0. The highest BCUT2D eigenvalue weighted by Gasteiger charge is 2.47. The molecule has 1 aliphatic rings. The molecule has 2 atom stereocenters. The minimum Gasteiger partial charge on any atom is -0.301 e. The molecule has 0 aliphatic heterocycles. The smallest absolute Gasteiger partial charge is 0.301 e. The molecule has 0 aromatic heterocycles. The second kappa shape index (κ2) is 6.25. The number of hydrogen-bond donors (Lipinski definition) is 0. The van der Waals surface area contributed by atoms with Crippen LogP contribution < -0.4 is 0 Å². The van der Waals surface area contributed by atoms with Gasteiger partial charge in [0.15, 0.2) is 5.13 Å².